The maximum atomic E-state index is 5.46. The maximum absolute atomic E-state index is 5.46. The van der Waals surface area contributed by atoms with Crippen LogP contribution in [0, 0.1) is 13.8 Å². The van der Waals surface area contributed by atoms with E-state index >= 15 is 0 Å². The van der Waals surface area contributed by atoms with Crippen LogP contribution >= 0.6 is 11.6 Å². The molecule has 0 atom stereocenters. The van der Waals surface area contributed by atoms with E-state index in [1.165, 1.54) is 16.7 Å². The second kappa shape index (κ2) is 3.59. The molecule has 1 heteroatoms. The molecule has 0 radical (unpaired) electrons. The molecule has 0 fully saturated rings. The molecule has 0 nitrogen and oxygen atoms in total. The zero-order valence-electron chi connectivity index (χ0n) is 6.76. The van der Waals surface area contributed by atoms with Gasteiger partial charge in [-0.3, -0.25) is 0 Å². The van der Waals surface area contributed by atoms with Crippen molar-refractivity contribution in [2.24, 2.45) is 0 Å². The molecule has 58 valence electrons. The fourth-order valence-electron chi connectivity index (χ4n) is 1.18. The third-order valence-corrected chi connectivity index (χ3v) is 1.63. The number of hydrogen-bond acceptors (Lipinski definition) is 0. The summed E-state index contributed by atoms with van der Waals surface area (Å²) in [7, 11) is 0. The van der Waals surface area contributed by atoms with Gasteiger partial charge in [0.2, 0.25) is 0 Å². The van der Waals surface area contributed by atoms with Crippen molar-refractivity contribution in [3.05, 3.63) is 40.4 Å². The van der Waals surface area contributed by atoms with Crippen LogP contribution in [0.3, 0.4) is 0 Å². The maximum Gasteiger partial charge on any atom is 0.00484 e. The standard InChI is InChI=1S/C10H11Cl/c1-8-5-9(2)7-10(6-8)3-4-11/h3-7H,1-2H3/b4-3+. The average Bonchev–Trinajstić information content (AvgIpc) is 1.85. The molecule has 0 saturated carbocycles. The highest BCUT2D eigenvalue weighted by Gasteiger charge is 1.90. The van der Waals surface area contributed by atoms with E-state index in [0.717, 1.165) is 5.56 Å². The minimum Gasteiger partial charge on any atom is -0.0929 e. The molecule has 0 N–H and O–H groups in total. The van der Waals surface area contributed by atoms with Crippen LogP contribution in [0.5, 0.6) is 0 Å². The topological polar surface area (TPSA) is 0 Å². The number of hydrogen-bond donors (Lipinski definition) is 0. The summed E-state index contributed by atoms with van der Waals surface area (Å²) in [5.41, 5.74) is 5.25. The normalized spacial score (nSPS) is 10.8. The van der Waals surface area contributed by atoms with E-state index in [1.807, 2.05) is 6.08 Å². The fraction of sp³-hybridized carbons (Fsp3) is 0.200. The molecule has 0 aromatic heterocycles. The SMILES string of the molecule is Cc1cc(C)cc(/C=C/Cl)c1. The first-order valence-corrected chi connectivity index (χ1v) is 4.01. The second-order valence-electron chi connectivity index (χ2n) is 2.71. The summed E-state index contributed by atoms with van der Waals surface area (Å²) >= 11 is 5.46. The van der Waals surface area contributed by atoms with Gasteiger partial charge in [0.1, 0.15) is 0 Å². The Balaban J connectivity index is 3.08. The van der Waals surface area contributed by atoms with E-state index in [-0.39, 0.29) is 0 Å². The molecule has 1 rings (SSSR count). The summed E-state index contributed by atoms with van der Waals surface area (Å²) < 4.78 is 0. The van der Waals surface area contributed by atoms with Crippen LogP contribution in [0.1, 0.15) is 16.7 Å². The number of halogens is 1. The van der Waals surface area contributed by atoms with E-state index in [1.54, 1.807) is 0 Å². The highest BCUT2D eigenvalue weighted by Crippen LogP contribution is 2.10. The average molecular weight is 167 g/mol. The van der Waals surface area contributed by atoms with E-state index in [4.69, 9.17) is 11.6 Å². The largest absolute Gasteiger partial charge is 0.0929 e. The third kappa shape index (κ3) is 2.39. The first-order valence-electron chi connectivity index (χ1n) is 3.57. The van der Waals surface area contributed by atoms with Crippen LogP contribution in [0.2, 0.25) is 0 Å². The Morgan fingerprint density at radius 2 is 1.64 bits per heavy atom. The number of aryl methyl sites for hydroxylation is 2. The van der Waals surface area contributed by atoms with Gasteiger partial charge in [-0.15, -0.1) is 0 Å². The summed E-state index contributed by atoms with van der Waals surface area (Å²) in [6.07, 6.45) is 1.89. The number of rotatable bonds is 1. The van der Waals surface area contributed by atoms with Gasteiger partial charge in [0.05, 0.1) is 0 Å². The Hall–Kier alpha value is -0.750. The molecule has 0 bridgehead atoms. The van der Waals surface area contributed by atoms with Crippen LogP contribution in [0.4, 0.5) is 0 Å². The molecule has 1 aromatic carbocycles. The second-order valence-corrected chi connectivity index (χ2v) is 2.97. The molecule has 0 unspecified atom stereocenters. The molecule has 0 aliphatic rings. The Labute approximate surface area is 72.5 Å². The lowest BCUT2D eigenvalue weighted by molar-refractivity contribution is 1.37. The van der Waals surface area contributed by atoms with Gasteiger partial charge in [-0.2, -0.15) is 0 Å². The van der Waals surface area contributed by atoms with Crippen LogP contribution in [0.15, 0.2) is 23.7 Å². The van der Waals surface area contributed by atoms with Gasteiger partial charge in [-0.05, 0) is 25.5 Å². The lowest BCUT2D eigenvalue weighted by Crippen LogP contribution is -1.78. The molecular weight excluding hydrogens is 156 g/mol. The van der Waals surface area contributed by atoms with E-state index in [9.17, 15) is 0 Å². The van der Waals surface area contributed by atoms with Crippen LogP contribution in [-0.2, 0) is 0 Å². The third-order valence-electron chi connectivity index (χ3n) is 1.50. The Morgan fingerprint density at radius 1 is 1.09 bits per heavy atom. The van der Waals surface area contributed by atoms with Crippen molar-refractivity contribution in [1.29, 1.82) is 0 Å². The summed E-state index contributed by atoms with van der Waals surface area (Å²) in [5, 5.41) is 0. The lowest BCUT2D eigenvalue weighted by atomic mass is 10.1. The van der Waals surface area contributed by atoms with Gasteiger partial charge in [0.15, 0.2) is 0 Å². The summed E-state index contributed by atoms with van der Waals surface area (Å²) in [5.74, 6) is 0. The van der Waals surface area contributed by atoms with Gasteiger partial charge in [-0.25, -0.2) is 0 Å². The summed E-state index contributed by atoms with van der Waals surface area (Å²) in [6.45, 7) is 4.16. The van der Waals surface area contributed by atoms with Crippen molar-refractivity contribution >= 4 is 17.7 Å². The van der Waals surface area contributed by atoms with Gasteiger partial charge in [-0.1, -0.05) is 40.9 Å². The summed E-state index contributed by atoms with van der Waals surface area (Å²) in [4.78, 5) is 0. The van der Waals surface area contributed by atoms with E-state index in [0.29, 0.717) is 0 Å². The zero-order valence-corrected chi connectivity index (χ0v) is 7.52. The lowest BCUT2D eigenvalue weighted by Gasteiger charge is -1.98. The first kappa shape index (κ1) is 8.35. The minimum atomic E-state index is 1.16. The zero-order chi connectivity index (χ0) is 8.27. The highest BCUT2D eigenvalue weighted by atomic mass is 35.5. The smallest absolute Gasteiger partial charge is 0.00484 e. The molecule has 0 spiro atoms. The van der Waals surface area contributed by atoms with Gasteiger partial charge in [0, 0.05) is 5.54 Å². The van der Waals surface area contributed by atoms with Crippen molar-refractivity contribution in [3.8, 4) is 0 Å². The van der Waals surface area contributed by atoms with Gasteiger partial charge >= 0.3 is 0 Å². The molecule has 0 aliphatic heterocycles. The predicted molar refractivity (Wildman–Crippen MR) is 50.8 cm³/mol. The quantitative estimate of drug-likeness (QED) is 0.599. The predicted octanol–water partition coefficient (Wildman–Crippen LogP) is 3.51. The van der Waals surface area contributed by atoms with E-state index in [2.05, 4.69) is 32.0 Å². The molecule has 1 aromatic rings. The number of benzene rings is 1. The molecule has 0 heterocycles. The van der Waals surface area contributed by atoms with Crippen molar-refractivity contribution < 1.29 is 0 Å². The molecule has 0 aliphatic carbocycles. The van der Waals surface area contributed by atoms with E-state index < -0.39 is 0 Å². The molecule has 0 saturated heterocycles. The Bertz CT molecular complexity index is 254. The van der Waals surface area contributed by atoms with Crippen molar-refractivity contribution in [2.45, 2.75) is 13.8 Å². The van der Waals surface area contributed by atoms with Crippen molar-refractivity contribution in [1.82, 2.24) is 0 Å². The molecule has 11 heavy (non-hydrogen) atoms. The fourth-order valence-corrected chi connectivity index (χ4v) is 1.32. The molecule has 0 amide bonds. The monoisotopic (exact) mass is 166 g/mol. The van der Waals surface area contributed by atoms with Crippen LogP contribution < -0.4 is 0 Å². The molecular formula is C10H11Cl. The minimum absolute atomic E-state index is 1.16. The van der Waals surface area contributed by atoms with Crippen LogP contribution in [-0.4, -0.2) is 0 Å². The van der Waals surface area contributed by atoms with Crippen molar-refractivity contribution in [3.63, 3.8) is 0 Å². The van der Waals surface area contributed by atoms with Gasteiger partial charge in [0.25, 0.3) is 0 Å². The summed E-state index contributed by atoms with van der Waals surface area (Å²) in [6, 6.07) is 6.35. The highest BCUT2D eigenvalue weighted by molar-refractivity contribution is 6.27. The first-order chi connectivity index (χ1) is 5.22. The Kier molecular flexibility index (Phi) is 2.72. The van der Waals surface area contributed by atoms with Crippen molar-refractivity contribution in [2.75, 3.05) is 0 Å². The van der Waals surface area contributed by atoms with Crippen LogP contribution in [0.25, 0.3) is 6.08 Å². The van der Waals surface area contributed by atoms with Gasteiger partial charge < -0.3 is 0 Å². The Morgan fingerprint density at radius 3 is 2.09 bits per heavy atom.